The van der Waals surface area contributed by atoms with Crippen molar-refractivity contribution in [1.82, 2.24) is 10.2 Å². The summed E-state index contributed by atoms with van der Waals surface area (Å²) in [6.45, 7) is 3.61. The number of carbonyl (C=O) groups excluding carboxylic acids is 1. The molecule has 1 saturated heterocycles. The fourth-order valence-corrected chi connectivity index (χ4v) is 3.39. The second-order valence-electron chi connectivity index (χ2n) is 4.60. The number of rotatable bonds is 2. The molecule has 16 heavy (non-hydrogen) atoms. The van der Waals surface area contributed by atoms with Gasteiger partial charge in [-0.1, -0.05) is 6.07 Å². The predicted octanol–water partition coefficient (Wildman–Crippen LogP) is 1.21. The van der Waals surface area contributed by atoms with Crippen molar-refractivity contribution in [3.8, 4) is 0 Å². The van der Waals surface area contributed by atoms with Gasteiger partial charge < -0.3 is 10.2 Å². The number of nitrogens with one attached hydrogen (secondary N) is 1. The van der Waals surface area contributed by atoms with Crippen molar-refractivity contribution in [2.24, 2.45) is 0 Å². The minimum absolute atomic E-state index is 0.133. The largest absolute Gasteiger partial charge is 0.339 e. The van der Waals surface area contributed by atoms with Crippen molar-refractivity contribution < 1.29 is 4.79 Å². The lowest BCUT2D eigenvalue weighted by Crippen LogP contribution is -2.49. The van der Waals surface area contributed by atoms with Crippen molar-refractivity contribution in [2.45, 2.75) is 18.3 Å². The lowest BCUT2D eigenvalue weighted by molar-refractivity contribution is -0.134. The standard InChI is InChI=1S/C12H16N2OS/c15-11(14-7-5-13-6-8-14)12(3-4-12)10-2-1-9-16-10/h1-2,9,13H,3-8H2. The van der Waals surface area contributed by atoms with Crippen molar-refractivity contribution in [1.29, 1.82) is 0 Å². The highest BCUT2D eigenvalue weighted by atomic mass is 32.1. The molecule has 0 unspecified atom stereocenters. The van der Waals surface area contributed by atoms with Gasteiger partial charge in [-0.05, 0) is 24.3 Å². The molecule has 0 bridgehead atoms. The average Bonchev–Trinajstić information content (AvgIpc) is 2.97. The number of nitrogens with zero attached hydrogens (tertiary/aromatic N) is 1. The summed E-state index contributed by atoms with van der Waals surface area (Å²) < 4.78 is 0. The van der Waals surface area contributed by atoms with Gasteiger partial charge in [-0.15, -0.1) is 11.3 Å². The Hall–Kier alpha value is -0.870. The molecule has 2 aliphatic rings. The Bertz CT molecular complexity index is 378. The van der Waals surface area contributed by atoms with Gasteiger partial charge in [0.1, 0.15) is 0 Å². The van der Waals surface area contributed by atoms with E-state index in [-0.39, 0.29) is 5.41 Å². The van der Waals surface area contributed by atoms with Crippen molar-refractivity contribution in [2.75, 3.05) is 26.2 Å². The van der Waals surface area contributed by atoms with Crippen LogP contribution in [0, 0.1) is 0 Å². The van der Waals surface area contributed by atoms with Gasteiger partial charge in [0, 0.05) is 31.1 Å². The fraction of sp³-hybridized carbons (Fsp3) is 0.583. The van der Waals surface area contributed by atoms with Crippen molar-refractivity contribution >= 4 is 17.2 Å². The van der Waals surface area contributed by atoms with Gasteiger partial charge >= 0.3 is 0 Å². The maximum Gasteiger partial charge on any atom is 0.234 e. The van der Waals surface area contributed by atoms with Gasteiger partial charge in [-0.3, -0.25) is 4.79 Å². The van der Waals surface area contributed by atoms with Crippen LogP contribution in [0.1, 0.15) is 17.7 Å². The molecule has 86 valence electrons. The molecule has 3 rings (SSSR count). The van der Waals surface area contributed by atoms with Crippen LogP contribution in [0.25, 0.3) is 0 Å². The first-order chi connectivity index (χ1) is 7.83. The molecule has 1 aromatic rings. The van der Waals surface area contributed by atoms with E-state index in [2.05, 4.69) is 16.8 Å². The number of hydrogen-bond acceptors (Lipinski definition) is 3. The highest BCUT2D eigenvalue weighted by Gasteiger charge is 2.53. The van der Waals surface area contributed by atoms with E-state index in [9.17, 15) is 4.79 Å². The third-order valence-electron chi connectivity index (χ3n) is 3.56. The first kappa shape index (κ1) is 10.3. The number of thiophene rings is 1. The van der Waals surface area contributed by atoms with Gasteiger partial charge in [-0.25, -0.2) is 0 Å². The second kappa shape index (κ2) is 3.86. The molecule has 1 saturated carbocycles. The second-order valence-corrected chi connectivity index (χ2v) is 5.55. The zero-order valence-corrected chi connectivity index (χ0v) is 10.1. The zero-order chi connectivity index (χ0) is 11.0. The molecule has 0 spiro atoms. The van der Waals surface area contributed by atoms with E-state index in [4.69, 9.17) is 0 Å². The van der Waals surface area contributed by atoms with Gasteiger partial charge in [0.15, 0.2) is 0 Å². The van der Waals surface area contributed by atoms with Crippen LogP contribution < -0.4 is 5.32 Å². The molecule has 0 atom stereocenters. The van der Waals surface area contributed by atoms with Crippen LogP contribution in [0.4, 0.5) is 0 Å². The molecular formula is C12H16N2OS. The summed E-state index contributed by atoms with van der Waals surface area (Å²) in [7, 11) is 0. The molecule has 1 aliphatic carbocycles. The molecule has 1 aromatic heterocycles. The van der Waals surface area contributed by atoms with Crippen molar-refractivity contribution in [3.63, 3.8) is 0 Å². The maximum absolute atomic E-state index is 12.5. The molecule has 0 aromatic carbocycles. The van der Waals surface area contributed by atoms with E-state index in [1.807, 2.05) is 11.0 Å². The van der Waals surface area contributed by atoms with Crippen LogP contribution in [0.3, 0.4) is 0 Å². The highest BCUT2D eigenvalue weighted by Crippen LogP contribution is 2.51. The number of amides is 1. The summed E-state index contributed by atoms with van der Waals surface area (Å²) in [5.41, 5.74) is -0.133. The lowest BCUT2D eigenvalue weighted by atomic mass is 10.0. The van der Waals surface area contributed by atoms with E-state index in [1.165, 1.54) is 4.88 Å². The van der Waals surface area contributed by atoms with Gasteiger partial charge in [-0.2, -0.15) is 0 Å². The van der Waals surface area contributed by atoms with Gasteiger partial charge in [0.05, 0.1) is 5.41 Å². The maximum atomic E-state index is 12.5. The van der Waals surface area contributed by atoms with Crippen LogP contribution in [-0.4, -0.2) is 37.0 Å². The van der Waals surface area contributed by atoms with E-state index in [0.29, 0.717) is 5.91 Å². The summed E-state index contributed by atoms with van der Waals surface area (Å²) >= 11 is 1.72. The molecule has 2 fully saturated rings. The monoisotopic (exact) mass is 236 g/mol. The third kappa shape index (κ3) is 1.57. The SMILES string of the molecule is O=C(N1CCNCC1)C1(c2cccs2)CC1. The van der Waals surface area contributed by atoms with Crippen LogP contribution in [0.5, 0.6) is 0 Å². The number of piperazine rings is 1. The summed E-state index contributed by atoms with van der Waals surface area (Å²) in [6.07, 6.45) is 2.08. The van der Waals surface area contributed by atoms with E-state index < -0.39 is 0 Å². The van der Waals surface area contributed by atoms with Crippen molar-refractivity contribution in [3.05, 3.63) is 22.4 Å². The molecule has 1 N–H and O–H groups in total. The molecule has 1 amide bonds. The van der Waals surface area contributed by atoms with Gasteiger partial charge in [0.25, 0.3) is 0 Å². The Morgan fingerprint density at radius 3 is 2.69 bits per heavy atom. The van der Waals surface area contributed by atoms with E-state index in [0.717, 1.165) is 39.0 Å². The Balaban J connectivity index is 1.79. The molecule has 4 heteroatoms. The summed E-state index contributed by atoms with van der Waals surface area (Å²) in [6, 6.07) is 4.16. The topological polar surface area (TPSA) is 32.3 Å². The molecule has 3 nitrogen and oxygen atoms in total. The first-order valence-corrected chi connectivity index (χ1v) is 6.75. The fourth-order valence-electron chi connectivity index (χ4n) is 2.41. The normalized spacial score (nSPS) is 23.1. The lowest BCUT2D eigenvalue weighted by Gasteiger charge is -2.30. The highest BCUT2D eigenvalue weighted by molar-refractivity contribution is 7.10. The summed E-state index contributed by atoms with van der Waals surface area (Å²) in [5.74, 6) is 0.358. The average molecular weight is 236 g/mol. The predicted molar refractivity (Wildman–Crippen MR) is 64.7 cm³/mol. The minimum Gasteiger partial charge on any atom is -0.339 e. The molecule has 1 aliphatic heterocycles. The number of carbonyl (C=O) groups is 1. The van der Waals surface area contributed by atoms with Gasteiger partial charge in [0.2, 0.25) is 5.91 Å². The molecule has 2 heterocycles. The zero-order valence-electron chi connectivity index (χ0n) is 9.24. The third-order valence-corrected chi connectivity index (χ3v) is 4.63. The Morgan fingerprint density at radius 1 is 1.38 bits per heavy atom. The summed E-state index contributed by atoms with van der Waals surface area (Å²) in [5, 5.41) is 5.35. The Kier molecular flexibility index (Phi) is 2.48. The quantitative estimate of drug-likeness (QED) is 0.837. The van der Waals surface area contributed by atoms with Crippen LogP contribution in [-0.2, 0) is 10.2 Å². The van der Waals surface area contributed by atoms with Crippen LogP contribution in [0.2, 0.25) is 0 Å². The summed E-state index contributed by atoms with van der Waals surface area (Å²) in [4.78, 5) is 15.8. The Labute approximate surface area is 99.5 Å². The van der Waals surface area contributed by atoms with E-state index in [1.54, 1.807) is 11.3 Å². The first-order valence-electron chi connectivity index (χ1n) is 5.87. The van der Waals surface area contributed by atoms with E-state index >= 15 is 0 Å². The molecule has 0 radical (unpaired) electrons. The minimum atomic E-state index is -0.133. The van der Waals surface area contributed by atoms with Crippen LogP contribution >= 0.6 is 11.3 Å². The Morgan fingerprint density at radius 2 is 2.12 bits per heavy atom. The molecular weight excluding hydrogens is 220 g/mol. The smallest absolute Gasteiger partial charge is 0.234 e. The van der Waals surface area contributed by atoms with Crippen LogP contribution in [0.15, 0.2) is 17.5 Å². The number of hydrogen-bond donors (Lipinski definition) is 1.